The number of rotatable bonds is 4. The van der Waals surface area contributed by atoms with Crippen LogP contribution in [-0.4, -0.2) is 30.0 Å². The number of nitrogens with zero attached hydrogens (tertiary/aromatic N) is 4. The van der Waals surface area contributed by atoms with Gasteiger partial charge in [-0.15, -0.1) is 0 Å². The van der Waals surface area contributed by atoms with Gasteiger partial charge in [-0.05, 0) is 12.2 Å². The van der Waals surface area contributed by atoms with E-state index >= 15 is 0 Å². The Morgan fingerprint density at radius 3 is 3.13 bits per heavy atom. The van der Waals surface area contributed by atoms with Gasteiger partial charge in [0.15, 0.2) is 16.4 Å². The highest BCUT2D eigenvalue weighted by Crippen LogP contribution is 2.00. The van der Waals surface area contributed by atoms with Crippen LogP contribution >= 0.6 is 12.2 Å². The predicted molar refractivity (Wildman–Crippen MR) is 51.3 cm³/mol. The third-order valence-electron chi connectivity index (χ3n) is 1.94. The number of aliphatic hydroxyl groups is 1. The van der Waals surface area contributed by atoms with Crippen LogP contribution in [0.25, 0.3) is 0 Å². The highest BCUT2D eigenvalue weighted by molar-refractivity contribution is 7.71. The summed E-state index contributed by atoms with van der Waals surface area (Å²) in [7, 11) is 0. The van der Waals surface area contributed by atoms with Crippen molar-refractivity contribution < 1.29 is 9.63 Å². The maximum Gasteiger partial charge on any atom is 0.213 e. The minimum absolute atomic E-state index is 0.153. The molecular formula is C7H9N5O2S. The van der Waals surface area contributed by atoms with Crippen molar-refractivity contribution in [2.45, 2.75) is 19.6 Å². The van der Waals surface area contributed by atoms with E-state index in [0.717, 1.165) is 0 Å². The molecule has 2 heterocycles. The molecule has 0 aliphatic carbocycles. The van der Waals surface area contributed by atoms with Crippen LogP contribution < -0.4 is 0 Å². The van der Waals surface area contributed by atoms with E-state index in [1.165, 1.54) is 6.39 Å². The summed E-state index contributed by atoms with van der Waals surface area (Å²) < 4.78 is 6.78. The Hall–Kier alpha value is -1.54. The molecule has 0 unspecified atom stereocenters. The van der Waals surface area contributed by atoms with Gasteiger partial charge in [0.2, 0.25) is 6.39 Å². The van der Waals surface area contributed by atoms with Gasteiger partial charge in [-0.3, -0.25) is 5.10 Å². The molecule has 0 aliphatic heterocycles. The van der Waals surface area contributed by atoms with E-state index in [1.807, 2.05) is 0 Å². The highest BCUT2D eigenvalue weighted by Gasteiger charge is 2.06. The fourth-order valence-corrected chi connectivity index (χ4v) is 1.46. The molecule has 0 saturated heterocycles. The lowest BCUT2D eigenvalue weighted by molar-refractivity contribution is 0.264. The molecule has 0 radical (unpaired) electrons. The number of hydrogen-bond donors (Lipinski definition) is 2. The fraction of sp³-hybridized carbons (Fsp3) is 0.429. The smallest absolute Gasteiger partial charge is 0.213 e. The first-order valence-corrected chi connectivity index (χ1v) is 4.72. The van der Waals surface area contributed by atoms with Crippen LogP contribution in [0.5, 0.6) is 0 Å². The van der Waals surface area contributed by atoms with E-state index in [1.54, 1.807) is 4.57 Å². The summed E-state index contributed by atoms with van der Waals surface area (Å²) in [5, 5.41) is 19.1. The van der Waals surface area contributed by atoms with Gasteiger partial charge >= 0.3 is 0 Å². The SMILES string of the molecule is OCc1n[nH]c(=S)n1CCc1ncon1. The van der Waals surface area contributed by atoms with Crippen molar-refractivity contribution in [1.29, 1.82) is 0 Å². The molecule has 0 aromatic carbocycles. The Kier molecular flexibility index (Phi) is 2.88. The molecule has 15 heavy (non-hydrogen) atoms. The topological polar surface area (TPSA) is 92.8 Å². The summed E-state index contributed by atoms with van der Waals surface area (Å²) in [4.78, 5) is 3.88. The van der Waals surface area contributed by atoms with Crippen LogP contribution in [0.1, 0.15) is 11.6 Å². The molecule has 2 N–H and O–H groups in total. The third-order valence-corrected chi connectivity index (χ3v) is 2.26. The summed E-state index contributed by atoms with van der Waals surface area (Å²) >= 11 is 5.00. The number of H-pyrrole nitrogens is 1. The monoisotopic (exact) mass is 227 g/mol. The van der Waals surface area contributed by atoms with Crippen molar-refractivity contribution in [3.05, 3.63) is 22.8 Å². The quantitative estimate of drug-likeness (QED) is 0.717. The third kappa shape index (κ3) is 2.10. The van der Waals surface area contributed by atoms with E-state index in [9.17, 15) is 0 Å². The summed E-state index contributed by atoms with van der Waals surface area (Å²) in [6, 6.07) is 0. The number of aliphatic hydroxyl groups excluding tert-OH is 1. The Morgan fingerprint density at radius 1 is 1.60 bits per heavy atom. The minimum atomic E-state index is -0.153. The predicted octanol–water partition coefficient (Wildman–Crippen LogP) is 0.0587. The highest BCUT2D eigenvalue weighted by atomic mass is 32.1. The molecular weight excluding hydrogens is 218 g/mol. The minimum Gasteiger partial charge on any atom is -0.388 e. The molecule has 8 heteroatoms. The number of aromatic amines is 1. The molecule has 0 atom stereocenters. The van der Waals surface area contributed by atoms with Crippen LogP contribution in [0.3, 0.4) is 0 Å². The summed E-state index contributed by atoms with van der Waals surface area (Å²) in [6.07, 6.45) is 1.86. The van der Waals surface area contributed by atoms with Gasteiger partial charge in [-0.25, -0.2) is 0 Å². The molecule has 0 saturated carbocycles. The van der Waals surface area contributed by atoms with Gasteiger partial charge in [-0.2, -0.15) is 10.1 Å². The van der Waals surface area contributed by atoms with Gasteiger partial charge < -0.3 is 14.2 Å². The van der Waals surface area contributed by atoms with Crippen molar-refractivity contribution in [3.8, 4) is 0 Å². The first-order chi connectivity index (χ1) is 7.31. The first kappa shape index (κ1) is 9.99. The van der Waals surface area contributed by atoms with Crippen molar-refractivity contribution >= 4 is 12.2 Å². The van der Waals surface area contributed by atoms with Crippen LogP contribution in [0.15, 0.2) is 10.9 Å². The van der Waals surface area contributed by atoms with E-state index < -0.39 is 0 Å². The molecule has 0 spiro atoms. The first-order valence-electron chi connectivity index (χ1n) is 4.31. The number of aromatic nitrogens is 5. The fourth-order valence-electron chi connectivity index (χ4n) is 1.22. The zero-order valence-corrected chi connectivity index (χ0v) is 8.57. The van der Waals surface area contributed by atoms with Crippen LogP contribution in [0.4, 0.5) is 0 Å². The van der Waals surface area contributed by atoms with E-state index in [4.69, 9.17) is 17.3 Å². The largest absolute Gasteiger partial charge is 0.388 e. The van der Waals surface area contributed by atoms with E-state index in [2.05, 4.69) is 24.9 Å². The summed E-state index contributed by atoms with van der Waals surface area (Å²) in [6.45, 7) is 0.407. The van der Waals surface area contributed by atoms with Gasteiger partial charge in [0.05, 0.1) is 0 Å². The zero-order chi connectivity index (χ0) is 10.7. The van der Waals surface area contributed by atoms with Crippen LogP contribution in [-0.2, 0) is 19.6 Å². The van der Waals surface area contributed by atoms with Crippen molar-refractivity contribution in [2.24, 2.45) is 0 Å². The molecule has 80 valence electrons. The second-order valence-corrected chi connectivity index (χ2v) is 3.24. The lowest BCUT2D eigenvalue weighted by Gasteiger charge is -2.01. The van der Waals surface area contributed by atoms with E-state index in [0.29, 0.717) is 29.4 Å². The molecule has 0 bridgehead atoms. The summed E-state index contributed by atoms with van der Waals surface area (Å²) in [5.74, 6) is 1.10. The second-order valence-electron chi connectivity index (χ2n) is 2.85. The molecule has 0 aliphatic rings. The maximum absolute atomic E-state index is 8.99. The molecule has 0 fully saturated rings. The maximum atomic E-state index is 8.99. The van der Waals surface area contributed by atoms with Crippen molar-refractivity contribution in [1.82, 2.24) is 24.9 Å². The Balaban J connectivity index is 2.10. The Labute approximate surface area is 89.7 Å². The standard InChI is InChI=1S/C7H9N5O2S/c13-3-6-9-10-7(15)12(6)2-1-5-8-4-14-11-5/h4,13H,1-3H2,(H,10,15). The number of nitrogens with one attached hydrogen (secondary N) is 1. The van der Waals surface area contributed by atoms with Gasteiger partial charge in [-0.1, -0.05) is 5.16 Å². The normalized spacial score (nSPS) is 10.7. The number of aryl methyl sites for hydroxylation is 1. The van der Waals surface area contributed by atoms with Gasteiger partial charge in [0, 0.05) is 13.0 Å². The average Bonchev–Trinajstić information content (AvgIpc) is 2.84. The number of hydrogen-bond acceptors (Lipinski definition) is 6. The van der Waals surface area contributed by atoms with E-state index in [-0.39, 0.29) is 6.61 Å². The second kappa shape index (κ2) is 4.32. The Bertz CT molecular complexity index is 474. The van der Waals surface area contributed by atoms with Gasteiger partial charge in [0.1, 0.15) is 6.61 Å². The molecule has 0 amide bonds. The average molecular weight is 227 g/mol. The van der Waals surface area contributed by atoms with Gasteiger partial charge in [0.25, 0.3) is 0 Å². The van der Waals surface area contributed by atoms with Crippen LogP contribution in [0.2, 0.25) is 0 Å². The lowest BCUT2D eigenvalue weighted by atomic mass is 10.4. The molecule has 2 rings (SSSR count). The zero-order valence-electron chi connectivity index (χ0n) is 7.75. The van der Waals surface area contributed by atoms with Crippen LogP contribution in [0, 0.1) is 4.77 Å². The molecule has 7 nitrogen and oxygen atoms in total. The summed E-state index contributed by atoms with van der Waals surface area (Å²) in [5.41, 5.74) is 0. The van der Waals surface area contributed by atoms with Crippen molar-refractivity contribution in [3.63, 3.8) is 0 Å². The Morgan fingerprint density at radius 2 is 2.47 bits per heavy atom. The lowest BCUT2D eigenvalue weighted by Crippen LogP contribution is -2.07. The molecule has 2 aromatic heterocycles. The van der Waals surface area contributed by atoms with Crippen molar-refractivity contribution in [2.75, 3.05) is 0 Å². The molecule has 2 aromatic rings.